The SMILES string of the molecule is CC1(C)CCC(C)(C)c2cc(-c3csc(N4CCC(NCc5cnc[nH]5)CC4)n3)ccc21. The Balaban J connectivity index is 1.27. The lowest BCUT2D eigenvalue weighted by atomic mass is 9.63. The molecule has 0 unspecified atom stereocenters. The molecule has 1 fully saturated rings. The van der Waals surface area contributed by atoms with Crippen molar-refractivity contribution in [3.63, 3.8) is 0 Å². The van der Waals surface area contributed by atoms with Crippen LogP contribution in [0.15, 0.2) is 36.1 Å². The number of hydrogen-bond donors (Lipinski definition) is 2. The summed E-state index contributed by atoms with van der Waals surface area (Å²) in [6, 6.07) is 7.62. The van der Waals surface area contributed by atoms with Crippen molar-refractivity contribution in [3.8, 4) is 11.3 Å². The number of aromatic amines is 1. The van der Waals surface area contributed by atoms with E-state index in [0.717, 1.165) is 49.0 Å². The number of benzene rings is 1. The van der Waals surface area contributed by atoms with Gasteiger partial charge >= 0.3 is 0 Å². The van der Waals surface area contributed by atoms with Crippen LogP contribution in [0, 0.1) is 0 Å². The van der Waals surface area contributed by atoms with Gasteiger partial charge in [0.1, 0.15) is 0 Å². The molecule has 5 rings (SSSR count). The molecular weight excluding hydrogens is 414 g/mol. The molecule has 1 aliphatic heterocycles. The fourth-order valence-corrected chi connectivity index (χ4v) is 6.09. The standard InChI is InChI=1S/C26H35N5S/c1-25(2)9-10-26(3,4)22-13-18(5-6-21(22)25)23-16-32-24(30-23)31-11-7-19(8-12-31)28-15-20-14-27-17-29-20/h5-6,13-14,16-17,19,28H,7-12,15H2,1-4H3,(H,27,29). The van der Waals surface area contributed by atoms with Gasteiger partial charge in [-0.05, 0) is 53.7 Å². The van der Waals surface area contributed by atoms with Gasteiger partial charge < -0.3 is 15.2 Å². The van der Waals surface area contributed by atoms with Crippen molar-refractivity contribution in [1.82, 2.24) is 20.3 Å². The van der Waals surface area contributed by atoms with E-state index in [9.17, 15) is 0 Å². The van der Waals surface area contributed by atoms with Crippen molar-refractivity contribution in [2.24, 2.45) is 0 Å². The Hall–Kier alpha value is -2.18. The molecule has 32 heavy (non-hydrogen) atoms. The molecule has 1 aliphatic carbocycles. The molecule has 170 valence electrons. The Bertz CT molecular complexity index is 1060. The van der Waals surface area contributed by atoms with Crippen LogP contribution in [-0.4, -0.2) is 34.1 Å². The number of hydrogen-bond acceptors (Lipinski definition) is 5. The third-order valence-corrected chi connectivity index (χ3v) is 8.44. The van der Waals surface area contributed by atoms with Crippen molar-refractivity contribution < 1.29 is 0 Å². The number of piperidine rings is 1. The summed E-state index contributed by atoms with van der Waals surface area (Å²) in [5, 5.41) is 7.05. The predicted octanol–water partition coefficient (Wildman–Crippen LogP) is 5.64. The lowest BCUT2D eigenvalue weighted by Gasteiger charge is -2.42. The van der Waals surface area contributed by atoms with Crippen LogP contribution in [0.3, 0.4) is 0 Å². The Kier molecular flexibility index (Phi) is 5.62. The Morgan fingerprint density at radius 3 is 2.56 bits per heavy atom. The third-order valence-electron chi connectivity index (χ3n) is 7.54. The van der Waals surface area contributed by atoms with Crippen LogP contribution in [0.25, 0.3) is 11.3 Å². The summed E-state index contributed by atoms with van der Waals surface area (Å²) in [4.78, 5) is 14.8. The molecule has 5 nitrogen and oxygen atoms in total. The number of nitrogens with one attached hydrogen (secondary N) is 2. The van der Waals surface area contributed by atoms with E-state index >= 15 is 0 Å². The monoisotopic (exact) mass is 449 g/mol. The quantitative estimate of drug-likeness (QED) is 0.529. The maximum absolute atomic E-state index is 5.06. The summed E-state index contributed by atoms with van der Waals surface area (Å²) in [6.45, 7) is 12.5. The van der Waals surface area contributed by atoms with Crippen molar-refractivity contribution in [2.75, 3.05) is 18.0 Å². The number of rotatable bonds is 5. The summed E-state index contributed by atoms with van der Waals surface area (Å²) in [5.41, 5.74) is 7.02. The first kappa shape index (κ1) is 21.7. The van der Waals surface area contributed by atoms with Gasteiger partial charge in [-0.15, -0.1) is 11.3 Å². The fraction of sp³-hybridized carbons (Fsp3) is 0.538. The van der Waals surface area contributed by atoms with Crippen molar-refractivity contribution in [3.05, 3.63) is 52.9 Å². The summed E-state index contributed by atoms with van der Waals surface area (Å²) in [5.74, 6) is 0. The zero-order valence-electron chi connectivity index (χ0n) is 19.7. The number of fused-ring (bicyclic) bond motifs is 1. The predicted molar refractivity (Wildman–Crippen MR) is 133 cm³/mol. The number of nitrogens with zero attached hydrogens (tertiary/aromatic N) is 3. The normalized spacial score (nSPS) is 20.3. The first-order valence-electron chi connectivity index (χ1n) is 11.9. The van der Waals surface area contributed by atoms with Crippen LogP contribution in [0.4, 0.5) is 5.13 Å². The molecule has 0 radical (unpaired) electrons. The van der Waals surface area contributed by atoms with Gasteiger partial charge in [-0.2, -0.15) is 0 Å². The second kappa shape index (κ2) is 8.31. The first-order chi connectivity index (χ1) is 15.3. The molecule has 0 spiro atoms. The van der Waals surface area contributed by atoms with E-state index < -0.39 is 0 Å². The van der Waals surface area contributed by atoms with Gasteiger partial charge in [0, 0.05) is 48.5 Å². The van der Waals surface area contributed by atoms with Gasteiger partial charge in [-0.3, -0.25) is 0 Å². The molecule has 2 aromatic heterocycles. The van der Waals surface area contributed by atoms with E-state index in [1.54, 1.807) is 17.7 Å². The van der Waals surface area contributed by atoms with E-state index in [0.29, 0.717) is 6.04 Å². The fourth-order valence-electron chi connectivity index (χ4n) is 5.20. The highest BCUT2D eigenvalue weighted by molar-refractivity contribution is 7.14. The van der Waals surface area contributed by atoms with Gasteiger partial charge in [0.2, 0.25) is 0 Å². The second-order valence-electron chi connectivity index (χ2n) is 10.8. The highest BCUT2D eigenvalue weighted by Crippen LogP contribution is 2.47. The molecule has 6 heteroatoms. The van der Waals surface area contributed by atoms with Crippen LogP contribution >= 0.6 is 11.3 Å². The zero-order valence-corrected chi connectivity index (χ0v) is 20.6. The topological polar surface area (TPSA) is 56.8 Å². The molecular formula is C26H35N5S. The van der Waals surface area contributed by atoms with Gasteiger partial charge in [0.25, 0.3) is 0 Å². The highest BCUT2D eigenvalue weighted by Gasteiger charge is 2.37. The largest absolute Gasteiger partial charge is 0.348 e. The zero-order chi connectivity index (χ0) is 22.3. The number of imidazole rings is 1. The Labute approximate surface area is 195 Å². The van der Waals surface area contributed by atoms with E-state index in [1.165, 1.54) is 29.5 Å². The van der Waals surface area contributed by atoms with Crippen LogP contribution in [0.2, 0.25) is 0 Å². The maximum Gasteiger partial charge on any atom is 0.185 e. The molecule has 2 aliphatic rings. The van der Waals surface area contributed by atoms with Crippen molar-refractivity contribution in [1.29, 1.82) is 0 Å². The number of anilines is 1. The molecule has 2 N–H and O–H groups in total. The van der Waals surface area contributed by atoms with Gasteiger partial charge in [-0.1, -0.05) is 39.8 Å². The van der Waals surface area contributed by atoms with E-state index in [2.05, 4.69) is 71.5 Å². The molecule has 0 amide bonds. The van der Waals surface area contributed by atoms with Crippen molar-refractivity contribution in [2.45, 2.75) is 76.8 Å². The summed E-state index contributed by atoms with van der Waals surface area (Å²) >= 11 is 1.78. The van der Waals surface area contributed by atoms with Gasteiger partial charge in [0.05, 0.1) is 12.0 Å². The van der Waals surface area contributed by atoms with Crippen LogP contribution in [0.1, 0.15) is 70.2 Å². The molecule has 0 saturated carbocycles. The maximum atomic E-state index is 5.06. The number of aromatic nitrogens is 3. The molecule has 0 atom stereocenters. The Morgan fingerprint density at radius 2 is 1.84 bits per heavy atom. The van der Waals surface area contributed by atoms with Crippen LogP contribution < -0.4 is 10.2 Å². The average Bonchev–Trinajstić information content (AvgIpc) is 3.48. The Morgan fingerprint density at radius 1 is 1.09 bits per heavy atom. The number of H-pyrrole nitrogens is 1. The molecule has 1 aromatic carbocycles. The lowest BCUT2D eigenvalue weighted by Crippen LogP contribution is -2.42. The molecule has 3 aromatic rings. The van der Waals surface area contributed by atoms with E-state index in [-0.39, 0.29) is 10.8 Å². The minimum absolute atomic E-state index is 0.227. The average molecular weight is 450 g/mol. The van der Waals surface area contributed by atoms with Crippen molar-refractivity contribution >= 4 is 16.5 Å². The summed E-state index contributed by atoms with van der Waals surface area (Å²) in [7, 11) is 0. The summed E-state index contributed by atoms with van der Waals surface area (Å²) in [6.07, 6.45) is 8.41. The molecule has 1 saturated heterocycles. The summed E-state index contributed by atoms with van der Waals surface area (Å²) < 4.78 is 0. The van der Waals surface area contributed by atoms with E-state index in [4.69, 9.17) is 4.98 Å². The van der Waals surface area contributed by atoms with Gasteiger partial charge in [-0.25, -0.2) is 9.97 Å². The first-order valence-corrected chi connectivity index (χ1v) is 12.8. The van der Waals surface area contributed by atoms with Gasteiger partial charge in [0.15, 0.2) is 5.13 Å². The van der Waals surface area contributed by atoms with E-state index in [1.807, 2.05) is 6.20 Å². The lowest BCUT2D eigenvalue weighted by molar-refractivity contribution is 0.332. The van der Waals surface area contributed by atoms with Crippen LogP contribution in [0.5, 0.6) is 0 Å². The number of thiazole rings is 1. The highest BCUT2D eigenvalue weighted by atomic mass is 32.1. The minimum atomic E-state index is 0.227. The van der Waals surface area contributed by atoms with Crippen LogP contribution in [-0.2, 0) is 17.4 Å². The smallest absolute Gasteiger partial charge is 0.185 e. The molecule has 3 heterocycles. The second-order valence-corrected chi connectivity index (χ2v) is 11.6. The third kappa shape index (κ3) is 4.23. The minimum Gasteiger partial charge on any atom is -0.348 e. The molecule has 0 bridgehead atoms.